The minimum absolute atomic E-state index is 0.623. The molecule has 2 aromatic heterocycles. The minimum Gasteiger partial charge on any atom is -0.493 e. The number of hydrogen-bond donors (Lipinski definition) is 0. The van der Waals surface area contributed by atoms with E-state index >= 15 is 0 Å². The second kappa shape index (κ2) is 5.75. The van der Waals surface area contributed by atoms with Crippen LogP contribution in [0.2, 0.25) is 0 Å². The first-order valence-electron chi connectivity index (χ1n) is 6.83. The van der Waals surface area contributed by atoms with Gasteiger partial charge in [0.1, 0.15) is 24.2 Å². The summed E-state index contributed by atoms with van der Waals surface area (Å²) in [6, 6.07) is 10.1. The number of pyridine rings is 1. The highest BCUT2D eigenvalue weighted by atomic mass is 16.5. The Balaban J connectivity index is 2.20. The van der Waals surface area contributed by atoms with Crippen molar-refractivity contribution in [3.05, 3.63) is 54.7 Å². The molecule has 5 heteroatoms. The van der Waals surface area contributed by atoms with Crippen LogP contribution in [-0.2, 0) is 0 Å². The fourth-order valence-electron chi connectivity index (χ4n) is 2.25. The second-order valence-corrected chi connectivity index (χ2v) is 4.68. The Morgan fingerprint density at radius 1 is 1.10 bits per heavy atom. The van der Waals surface area contributed by atoms with E-state index in [0.29, 0.717) is 6.61 Å². The number of ether oxygens (including phenoxy) is 1. The number of nitrogens with zero attached hydrogens (tertiary/aromatic N) is 4. The lowest BCUT2D eigenvalue weighted by Crippen LogP contribution is -2.01. The van der Waals surface area contributed by atoms with Crippen LogP contribution < -0.4 is 4.74 Å². The van der Waals surface area contributed by atoms with Crippen LogP contribution in [0.1, 0.15) is 12.5 Å². The van der Waals surface area contributed by atoms with E-state index < -0.39 is 0 Å². The summed E-state index contributed by atoms with van der Waals surface area (Å²) < 4.78 is 7.54. The summed E-state index contributed by atoms with van der Waals surface area (Å²) in [6.07, 6.45) is 5.12. The fraction of sp³-hybridized carbons (Fsp3) is 0.188. The van der Waals surface area contributed by atoms with Crippen LogP contribution in [-0.4, -0.2) is 26.4 Å². The van der Waals surface area contributed by atoms with Gasteiger partial charge in [0.15, 0.2) is 0 Å². The highest BCUT2D eigenvalue weighted by Gasteiger charge is 2.13. The van der Waals surface area contributed by atoms with Crippen molar-refractivity contribution in [3.63, 3.8) is 0 Å². The molecule has 0 saturated carbocycles. The summed E-state index contributed by atoms with van der Waals surface area (Å²) in [4.78, 5) is 4.53. The second-order valence-electron chi connectivity index (χ2n) is 4.68. The van der Waals surface area contributed by atoms with Gasteiger partial charge in [-0.2, -0.15) is 0 Å². The van der Waals surface area contributed by atoms with Gasteiger partial charge in [-0.3, -0.25) is 4.57 Å². The van der Waals surface area contributed by atoms with E-state index in [4.69, 9.17) is 4.74 Å². The SMILES string of the molecule is CCOc1ccccc1-c1cc(C)cnc1-n1cnnc1. The van der Waals surface area contributed by atoms with Crippen molar-refractivity contribution in [1.82, 2.24) is 19.7 Å². The Labute approximate surface area is 123 Å². The molecule has 0 unspecified atom stereocenters. The molecule has 0 aliphatic rings. The van der Waals surface area contributed by atoms with Gasteiger partial charge in [-0.1, -0.05) is 18.2 Å². The maximum atomic E-state index is 5.74. The molecule has 5 nitrogen and oxygen atoms in total. The summed E-state index contributed by atoms with van der Waals surface area (Å²) in [5, 5.41) is 7.71. The summed E-state index contributed by atoms with van der Waals surface area (Å²) in [5.41, 5.74) is 3.10. The molecule has 0 N–H and O–H groups in total. The zero-order valence-corrected chi connectivity index (χ0v) is 12.0. The molecule has 0 radical (unpaired) electrons. The van der Waals surface area contributed by atoms with Gasteiger partial charge < -0.3 is 4.74 Å². The molecule has 0 atom stereocenters. The Bertz CT molecular complexity index is 738. The van der Waals surface area contributed by atoms with E-state index in [2.05, 4.69) is 21.2 Å². The van der Waals surface area contributed by atoms with E-state index in [1.165, 1.54) is 0 Å². The third-order valence-electron chi connectivity index (χ3n) is 3.14. The van der Waals surface area contributed by atoms with Crippen molar-refractivity contribution in [1.29, 1.82) is 0 Å². The van der Waals surface area contributed by atoms with Gasteiger partial charge in [-0.15, -0.1) is 10.2 Å². The topological polar surface area (TPSA) is 52.8 Å². The average Bonchev–Trinajstić information content (AvgIpc) is 3.02. The van der Waals surface area contributed by atoms with Gasteiger partial charge in [0.25, 0.3) is 0 Å². The number of benzene rings is 1. The lowest BCUT2D eigenvalue weighted by atomic mass is 10.0. The maximum Gasteiger partial charge on any atom is 0.147 e. The molecule has 106 valence electrons. The van der Waals surface area contributed by atoms with Crippen molar-refractivity contribution in [2.45, 2.75) is 13.8 Å². The van der Waals surface area contributed by atoms with Crippen molar-refractivity contribution in [2.24, 2.45) is 0 Å². The third kappa shape index (κ3) is 2.63. The molecule has 0 fully saturated rings. The van der Waals surface area contributed by atoms with E-state index in [9.17, 15) is 0 Å². The lowest BCUT2D eigenvalue weighted by molar-refractivity contribution is 0.341. The van der Waals surface area contributed by atoms with E-state index in [-0.39, 0.29) is 0 Å². The molecule has 0 spiro atoms. The standard InChI is InChI=1S/C16H16N4O/c1-3-21-15-7-5-4-6-13(15)14-8-12(2)9-17-16(14)20-10-18-19-11-20/h4-11H,3H2,1-2H3. The molecule has 0 saturated heterocycles. The van der Waals surface area contributed by atoms with Crippen molar-refractivity contribution < 1.29 is 4.74 Å². The van der Waals surface area contributed by atoms with E-state index in [0.717, 1.165) is 28.3 Å². The van der Waals surface area contributed by atoms with Crippen molar-refractivity contribution in [3.8, 4) is 22.7 Å². The van der Waals surface area contributed by atoms with Crippen LogP contribution in [0, 0.1) is 6.92 Å². The Hall–Kier alpha value is -2.69. The Morgan fingerprint density at radius 2 is 1.86 bits per heavy atom. The minimum atomic E-state index is 0.623. The molecule has 0 bridgehead atoms. The molecule has 21 heavy (non-hydrogen) atoms. The molecule has 3 rings (SSSR count). The van der Waals surface area contributed by atoms with Crippen molar-refractivity contribution >= 4 is 0 Å². The number of rotatable bonds is 4. The van der Waals surface area contributed by atoms with Crippen molar-refractivity contribution in [2.75, 3.05) is 6.61 Å². The average molecular weight is 280 g/mol. The predicted molar refractivity (Wildman–Crippen MR) is 80.5 cm³/mol. The first-order valence-corrected chi connectivity index (χ1v) is 6.83. The molecule has 3 aromatic rings. The number of hydrogen-bond acceptors (Lipinski definition) is 4. The number of aryl methyl sites for hydroxylation is 1. The smallest absolute Gasteiger partial charge is 0.147 e. The maximum absolute atomic E-state index is 5.74. The highest BCUT2D eigenvalue weighted by molar-refractivity contribution is 5.76. The normalized spacial score (nSPS) is 10.6. The van der Waals surface area contributed by atoms with Crippen LogP contribution in [0.25, 0.3) is 16.9 Å². The molecule has 1 aromatic carbocycles. The summed E-state index contributed by atoms with van der Waals surface area (Å²) in [5.74, 6) is 1.64. The molecule has 0 aliphatic carbocycles. The predicted octanol–water partition coefficient (Wildman–Crippen LogP) is 3.04. The molecule has 0 amide bonds. The zero-order valence-electron chi connectivity index (χ0n) is 12.0. The van der Waals surface area contributed by atoms with Crippen LogP contribution in [0.4, 0.5) is 0 Å². The van der Waals surface area contributed by atoms with Gasteiger partial charge in [-0.05, 0) is 31.5 Å². The van der Waals surface area contributed by atoms with Crippen LogP contribution in [0.15, 0.2) is 49.2 Å². The van der Waals surface area contributed by atoms with Crippen LogP contribution in [0.3, 0.4) is 0 Å². The molecule has 2 heterocycles. The van der Waals surface area contributed by atoms with E-state index in [1.54, 1.807) is 17.2 Å². The summed E-state index contributed by atoms with van der Waals surface area (Å²) in [6.45, 7) is 4.62. The Morgan fingerprint density at radius 3 is 2.62 bits per heavy atom. The van der Waals surface area contributed by atoms with Gasteiger partial charge in [-0.25, -0.2) is 4.98 Å². The summed E-state index contributed by atoms with van der Waals surface area (Å²) >= 11 is 0. The van der Waals surface area contributed by atoms with Gasteiger partial charge >= 0.3 is 0 Å². The largest absolute Gasteiger partial charge is 0.493 e. The highest BCUT2D eigenvalue weighted by Crippen LogP contribution is 2.33. The Kier molecular flexibility index (Phi) is 3.64. The first kappa shape index (κ1) is 13.3. The van der Waals surface area contributed by atoms with E-state index in [1.807, 2.05) is 44.3 Å². The lowest BCUT2D eigenvalue weighted by Gasteiger charge is -2.14. The molecular formula is C16H16N4O. The number of aromatic nitrogens is 4. The van der Waals surface area contributed by atoms with Crippen LogP contribution >= 0.6 is 0 Å². The number of para-hydroxylation sites is 1. The zero-order chi connectivity index (χ0) is 14.7. The molecular weight excluding hydrogens is 264 g/mol. The quantitative estimate of drug-likeness (QED) is 0.737. The monoisotopic (exact) mass is 280 g/mol. The first-order chi connectivity index (χ1) is 10.3. The van der Waals surface area contributed by atoms with Gasteiger partial charge in [0.05, 0.1) is 6.61 Å². The molecule has 0 aliphatic heterocycles. The van der Waals surface area contributed by atoms with Gasteiger partial charge in [0.2, 0.25) is 0 Å². The fourth-order valence-corrected chi connectivity index (χ4v) is 2.25. The third-order valence-corrected chi connectivity index (χ3v) is 3.14. The van der Waals surface area contributed by atoms with Crippen LogP contribution in [0.5, 0.6) is 5.75 Å². The van der Waals surface area contributed by atoms with Gasteiger partial charge in [0, 0.05) is 17.3 Å². The summed E-state index contributed by atoms with van der Waals surface area (Å²) in [7, 11) is 0.